The number of rotatable bonds is 0. The molecule has 21 heteroatoms. The van der Waals surface area contributed by atoms with Crippen LogP contribution in [0.25, 0.3) is 0 Å². The first-order chi connectivity index (χ1) is 0. The second-order valence-electron chi connectivity index (χ2n) is 0. The predicted octanol–water partition coefficient (Wildman–Crippen LogP) is 0.848. The Bertz CT molecular complexity index is 9.80. The molecule has 0 saturated heterocycles. The van der Waals surface area contributed by atoms with E-state index in [9.17, 15) is 0 Å². The van der Waals surface area contributed by atoms with E-state index in [1.807, 2.05) is 0 Å². The van der Waals surface area contributed by atoms with Gasteiger partial charge >= 0.3 is 0 Å². The first kappa shape index (κ1) is 175. The average molecular weight is 1900 g/mol. The van der Waals surface area contributed by atoms with E-state index in [2.05, 4.69) is 0 Å². The van der Waals surface area contributed by atoms with E-state index >= 15 is 0 Å². The second kappa shape index (κ2) is 164. The Labute approximate surface area is 675 Å². The fourth-order valence-corrected chi connectivity index (χ4v) is 0. The van der Waals surface area contributed by atoms with Crippen LogP contribution in [0.4, 0.5) is 0 Å². The molecule has 0 atom stereocenters. The third-order valence-corrected chi connectivity index (χ3v) is 0. The summed E-state index contributed by atoms with van der Waals surface area (Å²) >= 11 is 0. The molecule has 0 aromatic carbocycles. The summed E-state index contributed by atoms with van der Waals surface area (Å²) in [6.07, 6.45) is 0. The normalized spacial score (nSPS) is 0. The third kappa shape index (κ3) is 157. The zero-order chi connectivity index (χ0) is 0. The van der Waals surface area contributed by atoms with E-state index in [-0.39, 0.29) is 702 Å². The smallest absolute Gasteiger partial charge is 0 e. The van der Waals surface area contributed by atoms with Crippen LogP contribution in [-0.4, -0.2) is 0 Å². The maximum atomic E-state index is 0. The van der Waals surface area contributed by atoms with Crippen LogP contribution in [0.15, 0.2) is 0 Å². The van der Waals surface area contributed by atoms with Crippen molar-refractivity contribution in [2.45, 2.75) is 0 Å². The molecule has 0 aliphatic rings. The van der Waals surface area contributed by atoms with Crippen molar-refractivity contribution in [1.29, 1.82) is 0 Å². The zero-order valence-corrected chi connectivity index (χ0v) is 73.7. The van der Waals surface area contributed by atoms with Crippen LogP contribution in [0.3, 0.4) is 0 Å². The van der Waals surface area contributed by atoms with Crippen molar-refractivity contribution < 1.29 is 687 Å². The molecular weight excluding hydrogens is 1890 g/mol. The Balaban J connectivity index is 0. The molecule has 0 N–H and O–H groups in total. The van der Waals surface area contributed by atoms with Crippen molar-refractivity contribution in [3.63, 3.8) is 0 Å². The van der Waals surface area contributed by atoms with E-state index in [4.69, 9.17) is 0 Å². The van der Waals surface area contributed by atoms with Gasteiger partial charge in [0, 0.05) is 687 Å². The van der Waals surface area contributed by atoms with E-state index in [1.54, 1.807) is 0 Å². The summed E-state index contributed by atoms with van der Waals surface area (Å²) in [5.41, 5.74) is 0. The summed E-state index contributed by atoms with van der Waals surface area (Å²) in [4.78, 5) is 0. The molecule has 0 rings (SSSR count). The molecule has 0 fully saturated rings. The van der Waals surface area contributed by atoms with Gasteiger partial charge in [-0.25, -0.2) is 0 Å². The Kier molecular flexibility index (Phi) is 1250. The van der Waals surface area contributed by atoms with E-state index in [0.717, 1.165) is 0 Å². The van der Waals surface area contributed by atoms with Crippen LogP contribution in [-0.2, 0) is 687 Å². The van der Waals surface area contributed by atoms with Gasteiger partial charge in [-0.1, -0.05) is 0 Å². The van der Waals surface area contributed by atoms with E-state index < -0.39 is 0 Å². The van der Waals surface area contributed by atoms with Crippen LogP contribution in [0.2, 0.25) is 0 Å². The van der Waals surface area contributed by atoms with Gasteiger partial charge < -0.3 is 14.9 Å². The first-order valence-corrected chi connectivity index (χ1v) is 0. The Morgan fingerprint density at radius 2 is 0.0870 bits per heavy atom. The molecule has 0 spiro atoms. The molecule has 0 aliphatic heterocycles. The van der Waals surface area contributed by atoms with Crippen molar-refractivity contribution >= 4 is 0 Å². The van der Waals surface area contributed by atoms with Crippen molar-refractivity contribution in [3.8, 4) is 0 Å². The monoisotopic (exact) mass is 1900 g/mol. The maximum Gasteiger partial charge on any atom is 0 e. The molecule has 21 radical (unpaired) electrons. The van der Waals surface area contributed by atoms with Crippen molar-refractivity contribution in [3.05, 3.63) is 14.9 Å². The molecule has 0 aromatic heterocycles. The standard InChI is InChI=1S/2CH3.21Y/h2*1H3;;;;;;;;;;;;;;;;;;;;;/q2*-1;;;;;;;;;;;;;;;;;;;;;. The minimum Gasteiger partial charge on any atom is -0.358 e. The summed E-state index contributed by atoms with van der Waals surface area (Å²) < 4.78 is 0. The molecule has 0 amide bonds. The quantitative estimate of drug-likeness (QED) is 0.317. The van der Waals surface area contributed by atoms with Crippen molar-refractivity contribution in [2.75, 3.05) is 0 Å². The van der Waals surface area contributed by atoms with Gasteiger partial charge in [0.25, 0.3) is 0 Å². The van der Waals surface area contributed by atoms with Crippen molar-refractivity contribution in [1.82, 2.24) is 0 Å². The molecule has 79 valence electrons. The minimum absolute atomic E-state index is 0. The van der Waals surface area contributed by atoms with Gasteiger partial charge in [0.15, 0.2) is 0 Å². The topological polar surface area (TPSA) is 0 Å². The summed E-state index contributed by atoms with van der Waals surface area (Å²) in [7, 11) is 0. The zero-order valence-electron chi connectivity index (χ0n) is 14.1. The summed E-state index contributed by atoms with van der Waals surface area (Å²) in [6.45, 7) is 0. The average Bonchev–Trinajstić information content (AvgIpc) is 0. The fourth-order valence-electron chi connectivity index (χ4n) is 0. The summed E-state index contributed by atoms with van der Waals surface area (Å²) in [5.74, 6) is 0. The summed E-state index contributed by atoms with van der Waals surface area (Å²) in [6, 6.07) is 0. The molecule has 23 heavy (non-hydrogen) atoms. The van der Waals surface area contributed by atoms with E-state index in [0.29, 0.717) is 0 Å². The van der Waals surface area contributed by atoms with Gasteiger partial charge in [0.2, 0.25) is 0 Å². The Hall–Kier alpha value is 23.2. The van der Waals surface area contributed by atoms with Gasteiger partial charge in [-0.3, -0.25) is 0 Å². The molecule has 0 nitrogen and oxygen atoms in total. The van der Waals surface area contributed by atoms with Gasteiger partial charge in [0.1, 0.15) is 0 Å². The van der Waals surface area contributed by atoms with Gasteiger partial charge in [-0.05, 0) is 0 Å². The molecule has 0 aliphatic carbocycles. The third-order valence-electron chi connectivity index (χ3n) is 0. The molecular formula is C2H6Y21-2. The first-order valence-electron chi connectivity index (χ1n) is 0. The largest absolute Gasteiger partial charge is 0.358 e. The van der Waals surface area contributed by atoms with Gasteiger partial charge in [-0.15, -0.1) is 0 Å². The maximum absolute atomic E-state index is 0. The Morgan fingerprint density at radius 3 is 0.0870 bits per heavy atom. The van der Waals surface area contributed by atoms with Crippen LogP contribution in [0.5, 0.6) is 0 Å². The molecule has 0 heterocycles. The van der Waals surface area contributed by atoms with Crippen molar-refractivity contribution in [2.24, 2.45) is 0 Å². The van der Waals surface area contributed by atoms with E-state index in [1.165, 1.54) is 0 Å². The summed E-state index contributed by atoms with van der Waals surface area (Å²) in [5, 5.41) is 0. The molecule has 0 bridgehead atoms. The molecule has 0 saturated carbocycles. The van der Waals surface area contributed by atoms with Gasteiger partial charge in [0.05, 0.1) is 0 Å². The SMILES string of the molecule is [CH3-].[CH3-].[Y].[Y].[Y].[Y].[Y].[Y].[Y].[Y].[Y].[Y].[Y].[Y].[Y].[Y].[Y].[Y].[Y].[Y].[Y].[Y].[Y]. The number of hydrogen-bond donors (Lipinski definition) is 0. The Morgan fingerprint density at radius 1 is 0.0870 bits per heavy atom. The fraction of sp³-hybridized carbons (Fsp3) is 0. The van der Waals surface area contributed by atoms with Gasteiger partial charge in [-0.2, -0.15) is 0 Å². The van der Waals surface area contributed by atoms with Crippen LogP contribution in [0, 0.1) is 14.9 Å². The molecule has 0 unspecified atom stereocenters. The number of hydrogen-bond acceptors (Lipinski definition) is 0. The van der Waals surface area contributed by atoms with Crippen LogP contribution in [0.1, 0.15) is 0 Å². The minimum atomic E-state index is 0. The molecule has 0 aromatic rings. The second-order valence-corrected chi connectivity index (χ2v) is 0. The van der Waals surface area contributed by atoms with Crippen LogP contribution < -0.4 is 0 Å². The van der Waals surface area contributed by atoms with Crippen LogP contribution >= 0.6 is 0 Å². The predicted molar refractivity (Wildman–Crippen MR) is 12.8 cm³/mol.